The molecule has 55 heavy (non-hydrogen) atoms. The van der Waals surface area contributed by atoms with Gasteiger partial charge in [0.1, 0.15) is 0 Å². The van der Waals surface area contributed by atoms with Crippen LogP contribution in [0.2, 0.25) is 0 Å². The van der Waals surface area contributed by atoms with Crippen molar-refractivity contribution in [3.63, 3.8) is 0 Å². The quantitative estimate of drug-likeness (QED) is 0.131. The Balaban J connectivity index is 1.09. The minimum absolute atomic E-state index is 0.701. The molecule has 2 nitrogen and oxygen atoms in total. The number of thiophene rings is 1. The van der Waals surface area contributed by atoms with Crippen molar-refractivity contribution in [1.82, 2.24) is 9.97 Å². The van der Waals surface area contributed by atoms with E-state index < -0.39 is 0 Å². The maximum absolute atomic E-state index is 5.31. The summed E-state index contributed by atoms with van der Waals surface area (Å²) in [5.74, 6) is 0.701. The smallest absolute Gasteiger partial charge is 0.160 e. The highest BCUT2D eigenvalue weighted by Gasteiger charge is 2.17. The molecule has 2 heterocycles. The van der Waals surface area contributed by atoms with Crippen LogP contribution in [0.3, 0.4) is 0 Å². The summed E-state index contributed by atoms with van der Waals surface area (Å²) in [6.45, 7) is 0. The van der Waals surface area contributed by atoms with Crippen LogP contribution in [0.1, 0.15) is 0 Å². The topological polar surface area (TPSA) is 25.8 Å². The van der Waals surface area contributed by atoms with E-state index in [-0.39, 0.29) is 0 Å². The van der Waals surface area contributed by atoms with Gasteiger partial charge in [0.2, 0.25) is 0 Å². The van der Waals surface area contributed by atoms with Crippen molar-refractivity contribution in [3.8, 4) is 56.2 Å². The Morgan fingerprint density at radius 2 is 0.927 bits per heavy atom. The summed E-state index contributed by atoms with van der Waals surface area (Å²) >= 11 is 1.83. The maximum Gasteiger partial charge on any atom is 0.160 e. The second-order valence-electron chi connectivity index (χ2n) is 14.1. The number of hydrogen-bond acceptors (Lipinski definition) is 3. The molecule has 9 aromatic carbocycles. The van der Waals surface area contributed by atoms with Gasteiger partial charge in [-0.05, 0) is 78.8 Å². The van der Waals surface area contributed by atoms with Crippen LogP contribution in [-0.2, 0) is 0 Å². The second kappa shape index (κ2) is 12.9. The van der Waals surface area contributed by atoms with Gasteiger partial charge in [-0.15, -0.1) is 11.3 Å². The summed E-state index contributed by atoms with van der Waals surface area (Å²) in [6, 6.07) is 69.8. The molecule has 11 rings (SSSR count). The molecule has 11 aromatic rings. The van der Waals surface area contributed by atoms with Gasteiger partial charge in [0, 0.05) is 36.9 Å². The largest absolute Gasteiger partial charge is 0.228 e. The van der Waals surface area contributed by atoms with Crippen LogP contribution in [0.25, 0.3) is 109 Å². The third kappa shape index (κ3) is 5.40. The van der Waals surface area contributed by atoms with Crippen molar-refractivity contribution in [2.45, 2.75) is 0 Å². The van der Waals surface area contributed by atoms with Crippen LogP contribution in [-0.4, -0.2) is 9.97 Å². The zero-order chi connectivity index (χ0) is 36.3. The highest BCUT2D eigenvalue weighted by molar-refractivity contribution is 7.25. The van der Waals surface area contributed by atoms with E-state index in [4.69, 9.17) is 9.97 Å². The zero-order valence-electron chi connectivity index (χ0n) is 29.8. The van der Waals surface area contributed by atoms with Crippen molar-refractivity contribution < 1.29 is 0 Å². The molecule has 0 saturated carbocycles. The fraction of sp³-hybridized carbons (Fsp3) is 0. The van der Waals surface area contributed by atoms with Crippen LogP contribution in [0.4, 0.5) is 0 Å². The maximum atomic E-state index is 5.31. The number of benzene rings is 9. The predicted molar refractivity (Wildman–Crippen MR) is 235 cm³/mol. The Bertz CT molecular complexity index is 3250. The number of nitrogens with zero attached hydrogens (tertiary/aromatic N) is 2. The lowest BCUT2D eigenvalue weighted by Crippen LogP contribution is -1.97. The molecular formula is C52H32N2S. The normalized spacial score (nSPS) is 11.6. The van der Waals surface area contributed by atoms with Crippen molar-refractivity contribution in [2.24, 2.45) is 0 Å². The third-order valence-corrected chi connectivity index (χ3v) is 12.0. The SMILES string of the molecule is c1ccc(-c2ccccc2-c2cc(-c3ccc4c(c3)sc3ccccc34)nc(-c3ccc(-c4c5ccccc5cc5c4ccc4ccccc45)cc3)n2)cc1. The standard InChI is InChI=1S/C52H32N2S/c1-2-12-33(13-3-1)39-16-8-9-19-42(39)48-32-47(38-27-28-44-43-20-10-11-21-49(43)55-50(44)31-38)53-52(54-48)36-24-22-35(23-25-36)51-41-18-7-5-15-37(41)30-46-40-17-6-4-14-34(40)26-29-45(46)51/h1-32H. The van der Waals surface area contributed by atoms with E-state index in [0.717, 1.165) is 39.2 Å². The van der Waals surface area contributed by atoms with E-state index in [1.807, 2.05) is 11.3 Å². The fourth-order valence-corrected chi connectivity index (χ4v) is 9.39. The molecule has 256 valence electrons. The van der Waals surface area contributed by atoms with Crippen LogP contribution in [0.5, 0.6) is 0 Å². The van der Waals surface area contributed by atoms with Crippen molar-refractivity contribution in [1.29, 1.82) is 0 Å². The molecule has 0 spiro atoms. The summed E-state index contributed by atoms with van der Waals surface area (Å²) in [5, 5.41) is 10.1. The number of hydrogen-bond donors (Lipinski definition) is 0. The average molecular weight is 717 g/mol. The van der Waals surface area contributed by atoms with E-state index in [9.17, 15) is 0 Å². The molecule has 0 aliphatic rings. The molecule has 0 atom stereocenters. The molecule has 0 amide bonds. The molecule has 0 radical (unpaired) electrons. The average Bonchev–Trinajstić information content (AvgIpc) is 3.64. The van der Waals surface area contributed by atoms with Gasteiger partial charge < -0.3 is 0 Å². The van der Waals surface area contributed by atoms with Gasteiger partial charge in [0.15, 0.2) is 5.82 Å². The van der Waals surface area contributed by atoms with E-state index in [2.05, 4.69) is 194 Å². The number of rotatable bonds is 5. The summed E-state index contributed by atoms with van der Waals surface area (Å²) < 4.78 is 2.55. The molecule has 0 saturated heterocycles. The van der Waals surface area contributed by atoms with Gasteiger partial charge in [-0.1, -0.05) is 170 Å². The van der Waals surface area contributed by atoms with Crippen LogP contribution < -0.4 is 0 Å². The minimum Gasteiger partial charge on any atom is -0.228 e. The van der Waals surface area contributed by atoms with Crippen LogP contribution >= 0.6 is 11.3 Å². The molecule has 0 bridgehead atoms. The number of fused-ring (bicyclic) bond motifs is 7. The lowest BCUT2D eigenvalue weighted by Gasteiger charge is -2.15. The summed E-state index contributed by atoms with van der Waals surface area (Å²) in [7, 11) is 0. The van der Waals surface area contributed by atoms with Gasteiger partial charge >= 0.3 is 0 Å². The van der Waals surface area contributed by atoms with Gasteiger partial charge in [-0.3, -0.25) is 0 Å². The predicted octanol–water partition coefficient (Wildman–Crippen LogP) is 14.6. The highest BCUT2D eigenvalue weighted by atomic mass is 32.1. The molecular weight excluding hydrogens is 685 g/mol. The minimum atomic E-state index is 0.701. The van der Waals surface area contributed by atoms with E-state index in [1.54, 1.807) is 0 Å². The van der Waals surface area contributed by atoms with Gasteiger partial charge in [-0.25, -0.2) is 9.97 Å². The summed E-state index contributed by atoms with van der Waals surface area (Å²) in [6.07, 6.45) is 0. The van der Waals surface area contributed by atoms with Crippen molar-refractivity contribution in [3.05, 3.63) is 194 Å². The highest BCUT2D eigenvalue weighted by Crippen LogP contribution is 2.41. The van der Waals surface area contributed by atoms with Gasteiger partial charge in [0.05, 0.1) is 11.4 Å². The molecule has 0 N–H and O–H groups in total. The van der Waals surface area contributed by atoms with Gasteiger partial charge in [0.25, 0.3) is 0 Å². The Labute approximate surface area is 322 Å². The molecule has 0 aliphatic carbocycles. The van der Waals surface area contributed by atoms with E-state index in [0.29, 0.717) is 5.82 Å². The monoisotopic (exact) mass is 716 g/mol. The Morgan fingerprint density at radius 3 is 1.78 bits per heavy atom. The molecule has 2 aromatic heterocycles. The second-order valence-corrected chi connectivity index (χ2v) is 15.2. The Morgan fingerprint density at radius 1 is 0.309 bits per heavy atom. The fourth-order valence-electron chi connectivity index (χ4n) is 8.24. The third-order valence-electron chi connectivity index (χ3n) is 10.9. The number of aromatic nitrogens is 2. The summed E-state index contributed by atoms with van der Waals surface area (Å²) in [4.78, 5) is 10.6. The lowest BCUT2D eigenvalue weighted by atomic mass is 9.89. The first-order chi connectivity index (χ1) is 27.2. The van der Waals surface area contributed by atoms with E-state index in [1.165, 1.54) is 63.6 Å². The van der Waals surface area contributed by atoms with Crippen molar-refractivity contribution in [2.75, 3.05) is 0 Å². The van der Waals surface area contributed by atoms with E-state index >= 15 is 0 Å². The van der Waals surface area contributed by atoms with Crippen LogP contribution in [0, 0.1) is 0 Å². The Kier molecular flexibility index (Phi) is 7.39. The van der Waals surface area contributed by atoms with Gasteiger partial charge in [-0.2, -0.15) is 0 Å². The molecule has 0 unspecified atom stereocenters. The first-order valence-electron chi connectivity index (χ1n) is 18.6. The first kappa shape index (κ1) is 31.6. The van der Waals surface area contributed by atoms with Crippen molar-refractivity contribution >= 4 is 63.8 Å². The van der Waals surface area contributed by atoms with Crippen LogP contribution in [0.15, 0.2) is 194 Å². The Hall–Kier alpha value is -6.94. The molecule has 3 heteroatoms. The molecule has 0 aliphatic heterocycles. The zero-order valence-corrected chi connectivity index (χ0v) is 30.6. The lowest BCUT2D eigenvalue weighted by molar-refractivity contribution is 1.18. The summed E-state index contributed by atoms with van der Waals surface area (Å²) in [5.41, 5.74) is 9.64. The first-order valence-corrected chi connectivity index (χ1v) is 19.5. The molecule has 0 fully saturated rings.